The fourth-order valence-corrected chi connectivity index (χ4v) is 3.85. The largest absolute Gasteiger partial charge is 0.459 e. The van der Waals surface area contributed by atoms with Gasteiger partial charge in [-0.05, 0) is 44.4 Å². The highest BCUT2D eigenvalue weighted by atomic mass is 35.5. The third kappa shape index (κ3) is 5.92. The number of nitrogens with one attached hydrogen (secondary N) is 3. The van der Waals surface area contributed by atoms with Crippen molar-refractivity contribution in [3.63, 3.8) is 0 Å². The Morgan fingerprint density at radius 3 is 2.80 bits per heavy atom. The fraction of sp³-hybridized carbons (Fsp3) is 0.455. The van der Waals surface area contributed by atoms with Gasteiger partial charge in [-0.15, -0.1) is 0 Å². The molecular formula is C22H30ClN5O2. The van der Waals surface area contributed by atoms with Gasteiger partial charge < -0.3 is 25.3 Å². The number of guanidine groups is 1. The van der Waals surface area contributed by atoms with Crippen LogP contribution in [0.1, 0.15) is 35.4 Å². The second-order valence-corrected chi connectivity index (χ2v) is 7.83. The van der Waals surface area contributed by atoms with E-state index in [2.05, 4.69) is 31.9 Å². The molecule has 2 heterocycles. The van der Waals surface area contributed by atoms with E-state index < -0.39 is 0 Å². The number of carbonyl (C=O) groups excluding carboxylic acids is 1. The Labute approximate surface area is 182 Å². The molecule has 0 spiro atoms. The van der Waals surface area contributed by atoms with Crippen LogP contribution in [0, 0.1) is 6.92 Å². The maximum atomic E-state index is 12.0. The molecule has 7 nitrogen and oxygen atoms in total. The average Bonchev–Trinajstić information content (AvgIpc) is 3.19. The highest BCUT2D eigenvalue weighted by Gasteiger charge is 2.22. The van der Waals surface area contributed by atoms with Gasteiger partial charge in [0.2, 0.25) is 0 Å². The van der Waals surface area contributed by atoms with E-state index in [9.17, 15) is 4.79 Å². The Hall–Kier alpha value is -2.67. The number of carbonyl (C=O) groups is 1. The molecule has 30 heavy (non-hydrogen) atoms. The van der Waals surface area contributed by atoms with Gasteiger partial charge in [-0.25, -0.2) is 0 Å². The van der Waals surface area contributed by atoms with Crippen molar-refractivity contribution in [1.29, 1.82) is 0 Å². The number of benzene rings is 1. The van der Waals surface area contributed by atoms with Crippen molar-refractivity contribution in [1.82, 2.24) is 16.0 Å². The van der Waals surface area contributed by atoms with Crippen LogP contribution in [0.3, 0.4) is 0 Å². The van der Waals surface area contributed by atoms with Crippen molar-refractivity contribution in [3.05, 3.63) is 52.9 Å². The van der Waals surface area contributed by atoms with E-state index in [1.165, 1.54) is 6.26 Å². The lowest BCUT2D eigenvalue weighted by atomic mass is 10.0. The molecule has 2 aromatic rings. The van der Waals surface area contributed by atoms with Gasteiger partial charge in [0.1, 0.15) is 0 Å². The minimum atomic E-state index is -0.179. The zero-order valence-corrected chi connectivity index (χ0v) is 18.3. The molecule has 1 aromatic carbocycles. The Bertz CT molecular complexity index is 867. The summed E-state index contributed by atoms with van der Waals surface area (Å²) in [4.78, 5) is 18.7. The van der Waals surface area contributed by atoms with Gasteiger partial charge in [0, 0.05) is 44.8 Å². The Morgan fingerprint density at radius 2 is 2.07 bits per heavy atom. The third-order valence-corrected chi connectivity index (χ3v) is 5.50. The first-order chi connectivity index (χ1) is 14.6. The zero-order valence-electron chi connectivity index (χ0n) is 17.6. The van der Waals surface area contributed by atoms with Crippen molar-refractivity contribution in [3.8, 4) is 0 Å². The third-order valence-electron chi connectivity index (χ3n) is 5.18. The quantitative estimate of drug-likeness (QED) is 0.356. The van der Waals surface area contributed by atoms with E-state index in [1.54, 1.807) is 13.1 Å². The molecule has 1 aromatic heterocycles. The number of halogens is 1. The number of para-hydroxylation sites is 1. The molecule has 1 unspecified atom stereocenters. The van der Waals surface area contributed by atoms with Crippen LogP contribution in [0.25, 0.3) is 0 Å². The summed E-state index contributed by atoms with van der Waals surface area (Å²) in [5.41, 5.74) is 1.92. The summed E-state index contributed by atoms with van der Waals surface area (Å²) >= 11 is 6.37. The van der Waals surface area contributed by atoms with Gasteiger partial charge in [-0.1, -0.05) is 23.7 Å². The summed E-state index contributed by atoms with van der Waals surface area (Å²) in [6, 6.07) is 10.0. The highest BCUT2D eigenvalue weighted by molar-refractivity contribution is 6.33. The molecule has 3 N–H and O–H groups in total. The second-order valence-electron chi connectivity index (χ2n) is 7.42. The van der Waals surface area contributed by atoms with E-state index in [0.717, 1.165) is 54.6 Å². The van der Waals surface area contributed by atoms with Crippen LogP contribution < -0.4 is 20.9 Å². The smallest absolute Gasteiger partial charge is 0.287 e. The zero-order chi connectivity index (χ0) is 21.3. The van der Waals surface area contributed by atoms with E-state index >= 15 is 0 Å². The van der Waals surface area contributed by atoms with E-state index in [-0.39, 0.29) is 5.91 Å². The first kappa shape index (κ1) is 22.0. The number of amides is 1. The van der Waals surface area contributed by atoms with Crippen LogP contribution in [0.5, 0.6) is 0 Å². The normalized spacial score (nSPS) is 17.0. The van der Waals surface area contributed by atoms with Gasteiger partial charge in [-0.3, -0.25) is 9.79 Å². The van der Waals surface area contributed by atoms with Gasteiger partial charge >= 0.3 is 0 Å². The second kappa shape index (κ2) is 10.9. The minimum absolute atomic E-state index is 0.179. The lowest BCUT2D eigenvalue weighted by molar-refractivity contribution is 0.0925. The number of hydrogen-bond donors (Lipinski definition) is 3. The number of nitrogens with zero attached hydrogens (tertiary/aromatic N) is 2. The van der Waals surface area contributed by atoms with Crippen LogP contribution in [0.15, 0.2) is 46.0 Å². The Kier molecular flexibility index (Phi) is 8.02. The first-order valence-electron chi connectivity index (χ1n) is 10.4. The molecule has 1 aliphatic rings. The number of piperidine rings is 1. The van der Waals surface area contributed by atoms with Crippen LogP contribution in [-0.2, 0) is 0 Å². The summed E-state index contributed by atoms with van der Waals surface area (Å²) in [5.74, 6) is 0.969. The number of hydrogen-bond acceptors (Lipinski definition) is 4. The molecule has 1 saturated heterocycles. The summed E-state index contributed by atoms with van der Waals surface area (Å²) in [6.07, 6.45) is 4.49. The number of aliphatic imine (C=N–C) groups is 1. The van der Waals surface area contributed by atoms with Crippen LogP contribution in [0.4, 0.5) is 5.69 Å². The lowest BCUT2D eigenvalue weighted by Gasteiger charge is -2.35. The molecule has 1 atom stereocenters. The maximum Gasteiger partial charge on any atom is 0.287 e. The number of aryl methyl sites for hydroxylation is 1. The monoisotopic (exact) mass is 431 g/mol. The molecule has 162 valence electrons. The van der Waals surface area contributed by atoms with Crippen LogP contribution in [-0.4, -0.2) is 51.1 Å². The van der Waals surface area contributed by atoms with Crippen LogP contribution >= 0.6 is 11.6 Å². The predicted octanol–water partition coefficient (Wildman–Crippen LogP) is 3.20. The predicted molar refractivity (Wildman–Crippen MR) is 122 cm³/mol. The maximum absolute atomic E-state index is 12.0. The fourth-order valence-electron chi connectivity index (χ4n) is 3.59. The average molecular weight is 432 g/mol. The van der Waals surface area contributed by atoms with Crippen molar-refractivity contribution in [2.24, 2.45) is 4.99 Å². The molecule has 1 fully saturated rings. The van der Waals surface area contributed by atoms with Crippen molar-refractivity contribution < 1.29 is 9.21 Å². The lowest BCUT2D eigenvalue weighted by Crippen LogP contribution is -2.51. The standard InChI is InChI=1S/C22H30ClN5O2/c1-16-10-14-30-20(16)21(29)25-11-6-12-26-22(24-2)27-17-7-5-13-28(15-17)19-9-4-3-8-18(19)23/h3-4,8-10,14,17H,5-7,11-13,15H2,1-2H3,(H,25,29)(H2,24,26,27). The van der Waals surface area contributed by atoms with E-state index in [0.29, 0.717) is 24.9 Å². The van der Waals surface area contributed by atoms with Gasteiger partial charge in [0.05, 0.1) is 17.0 Å². The van der Waals surface area contributed by atoms with Crippen LogP contribution in [0.2, 0.25) is 5.02 Å². The van der Waals surface area contributed by atoms with Gasteiger partial charge in [0.25, 0.3) is 5.91 Å². The molecule has 3 rings (SSSR count). The van der Waals surface area contributed by atoms with Gasteiger partial charge in [-0.2, -0.15) is 0 Å². The number of anilines is 1. The molecular weight excluding hydrogens is 402 g/mol. The molecule has 1 aliphatic heterocycles. The van der Waals surface area contributed by atoms with Crippen molar-refractivity contribution in [2.75, 3.05) is 38.1 Å². The topological polar surface area (TPSA) is 81.9 Å². The molecule has 0 aliphatic carbocycles. The molecule has 0 bridgehead atoms. The Balaban J connectivity index is 1.39. The summed E-state index contributed by atoms with van der Waals surface area (Å²) in [5, 5.41) is 10.5. The number of rotatable bonds is 7. The minimum Gasteiger partial charge on any atom is -0.459 e. The summed E-state index contributed by atoms with van der Waals surface area (Å²) < 4.78 is 5.20. The number of furan rings is 1. The molecule has 0 saturated carbocycles. The van der Waals surface area contributed by atoms with Crippen molar-refractivity contribution in [2.45, 2.75) is 32.2 Å². The molecule has 1 amide bonds. The van der Waals surface area contributed by atoms with Gasteiger partial charge in [0.15, 0.2) is 11.7 Å². The Morgan fingerprint density at radius 1 is 1.27 bits per heavy atom. The molecule has 0 radical (unpaired) electrons. The van der Waals surface area contributed by atoms with Crippen molar-refractivity contribution >= 4 is 29.2 Å². The van der Waals surface area contributed by atoms with E-state index in [4.69, 9.17) is 16.0 Å². The van der Waals surface area contributed by atoms with E-state index in [1.807, 2.05) is 25.1 Å². The summed E-state index contributed by atoms with van der Waals surface area (Å²) in [6.45, 7) is 5.00. The summed E-state index contributed by atoms with van der Waals surface area (Å²) in [7, 11) is 1.77. The SMILES string of the molecule is CN=C(NCCCNC(=O)c1occc1C)NC1CCCN(c2ccccc2Cl)C1. The highest BCUT2D eigenvalue weighted by Crippen LogP contribution is 2.27. The molecule has 8 heteroatoms. The first-order valence-corrected chi connectivity index (χ1v) is 10.7.